The van der Waals surface area contributed by atoms with Crippen molar-refractivity contribution in [2.75, 3.05) is 13.2 Å². The maximum atomic E-state index is 12.3. The van der Waals surface area contributed by atoms with E-state index in [1.807, 2.05) is 0 Å². The zero-order valence-corrected chi connectivity index (χ0v) is 15.5. The van der Waals surface area contributed by atoms with Gasteiger partial charge in [0.1, 0.15) is 0 Å². The van der Waals surface area contributed by atoms with Crippen LogP contribution >= 0.6 is 29.5 Å². The molecule has 0 aliphatic heterocycles. The summed E-state index contributed by atoms with van der Waals surface area (Å²) in [6, 6.07) is 0. The summed E-state index contributed by atoms with van der Waals surface area (Å²) in [7, 11) is 11.1. The van der Waals surface area contributed by atoms with Crippen molar-refractivity contribution in [1.82, 2.24) is 0 Å². The Morgan fingerprint density at radius 3 is 1.42 bits per heavy atom. The average Bonchev–Trinajstić information content (AvgIpc) is 2.27. The summed E-state index contributed by atoms with van der Waals surface area (Å²) >= 11 is 0. The molecule has 0 heterocycles. The quantitative estimate of drug-likeness (QED) is 0.390. The summed E-state index contributed by atoms with van der Waals surface area (Å²) in [4.78, 5) is 0. The Labute approximate surface area is 128 Å². The Morgan fingerprint density at radius 2 is 1.11 bits per heavy atom. The molecule has 0 amide bonds. The van der Waals surface area contributed by atoms with E-state index in [0.29, 0.717) is 12.8 Å². The molecule has 0 fully saturated rings. The molecule has 19 heavy (non-hydrogen) atoms. The molecule has 0 spiro atoms. The molecule has 0 aromatic carbocycles. The standard InChI is InChI=1S/2C6H13O.3ClH.O.V/c2*1-2-3-4-5-6-7;;;;;/h2*2-6H2,1H3;3*1H;;/q2*-1;;;;;+5/p-3. The number of unbranched alkanes of at least 4 members (excludes halogenated alkanes) is 6. The first kappa shape index (κ1) is 20.2. The molecule has 0 N–H and O–H groups in total. The first-order chi connectivity index (χ1) is 8.62. The van der Waals surface area contributed by atoms with Gasteiger partial charge in [-0.15, -0.1) is 0 Å². The van der Waals surface area contributed by atoms with Gasteiger partial charge in [-0.05, 0) is 0 Å². The molecule has 3 nitrogen and oxygen atoms in total. The van der Waals surface area contributed by atoms with Crippen molar-refractivity contribution in [3.05, 3.63) is 0 Å². The molecular formula is C12H26Cl3O3V. The molecule has 0 atom stereocenters. The van der Waals surface area contributed by atoms with Crippen LogP contribution in [-0.2, 0) is 20.5 Å². The van der Waals surface area contributed by atoms with Crippen LogP contribution in [0.4, 0.5) is 0 Å². The molecule has 0 rings (SSSR count). The summed E-state index contributed by atoms with van der Waals surface area (Å²) < 4.78 is 22.5. The number of halogens is 3. The van der Waals surface area contributed by atoms with Crippen LogP contribution in [0.1, 0.15) is 65.2 Å². The van der Waals surface area contributed by atoms with E-state index in [1.54, 1.807) is 0 Å². The molecule has 0 aliphatic carbocycles. The minimum absolute atomic E-state index is 0.148. The van der Waals surface area contributed by atoms with Gasteiger partial charge in [0.15, 0.2) is 0 Å². The first-order valence-electron chi connectivity index (χ1n) is 7.05. The molecule has 0 saturated heterocycles. The van der Waals surface area contributed by atoms with Crippen LogP contribution in [0.15, 0.2) is 0 Å². The maximum absolute atomic E-state index is 12.3. The number of hydrogen-bond donors (Lipinski definition) is 0. The van der Waals surface area contributed by atoms with Crippen LogP contribution in [-0.4, -0.2) is 13.2 Å². The van der Waals surface area contributed by atoms with Gasteiger partial charge < -0.3 is 0 Å². The Kier molecular flexibility index (Phi) is 8.47. The third kappa shape index (κ3) is 12.6. The van der Waals surface area contributed by atoms with Gasteiger partial charge in [-0.3, -0.25) is 0 Å². The van der Waals surface area contributed by atoms with Crippen molar-refractivity contribution in [2.45, 2.75) is 65.2 Å². The molecule has 0 aliphatic rings. The van der Waals surface area contributed by atoms with E-state index in [-0.39, 0.29) is 13.2 Å². The van der Waals surface area contributed by atoms with Crippen LogP contribution in [0.5, 0.6) is 0 Å². The Hall–Kier alpha value is 1.17. The summed E-state index contributed by atoms with van der Waals surface area (Å²) in [5.74, 6) is 0. The van der Waals surface area contributed by atoms with Gasteiger partial charge in [-0.1, -0.05) is 0 Å². The molecule has 0 aromatic heterocycles. The van der Waals surface area contributed by atoms with Gasteiger partial charge in [-0.2, -0.15) is 0 Å². The summed E-state index contributed by atoms with van der Waals surface area (Å²) in [6.45, 7) is 4.50. The van der Waals surface area contributed by atoms with Crippen molar-refractivity contribution in [1.29, 1.82) is 0 Å². The van der Waals surface area contributed by atoms with E-state index < -0.39 is 9.53 Å². The zero-order chi connectivity index (χ0) is 14.9. The van der Waals surface area contributed by atoms with Gasteiger partial charge >= 0.3 is 129 Å². The van der Waals surface area contributed by atoms with Gasteiger partial charge in [0, 0.05) is 0 Å². The molecule has 0 aromatic rings. The first-order valence-corrected chi connectivity index (χ1v) is 14.5. The third-order valence-corrected chi connectivity index (χ3v) is 7.24. The Bertz CT molecular complexity index is 305. The molecule has 7 heteroatoms. The van der Waals surface area contributed by atoms with E-state index in [2.05, 4.69) is 13.8 Å². The third-order valence-electron chi connectivity index (χ3n) is 2.68. The summed E-state index contributed by atoms with van der Waals surface area (Å²) in [5, 5.41) is 0. The average molecular weight is 376 g/mol. The van der Waals surface area contributed by atoms with E-state index in [4.69, 9.17) is 36.9 Å². The van der Waals surface area contributed by atoms with Gasteiger partial charge in [-0.25, -0.2) is 0 Å². The fraction of sp³-hybridized carbons (Fsp3) is 1.00. The van der Waals surface area contributed by atoms with Crippen molar-refractivity contribution in [3.8, 4) is 0 Å². The second kappa shape index (κ2) is 7.98. The van der Waals surface area contributed by atoms with E-state index in [1.165, 1.54) is 0 Å². The SMILES string of the molecule is CCCCCC[O][V](=[O])([Cl])([Cl])([Cl])[O]CCCCCC. The van der Waals surface area contributed by atoms with Crippen LogP contribution in [0, 0.1) is 0 Å². The van der Waals surface area contributed by atoms with Crippen LogP contribution in [0.3, 0.4) is 0 Å². The second-order valence-electron chi connectivity index (χ2n) is 4.82. The normalized spacial score (nSPS) is 16.1. The second-order valence-corrected chi connectivity index (χ2v) is 20.3. The van der Waals surface area contributed by atoms with Crippen molar-refractivity contribution >= 4 is 29.5 Å². The van der Waals surface area contributed by atoms with Gasteiger partial charge in [0.25, 0.3) is 0 Å². The number of rotatable bonds is 12. The molecular weight excluding hydrogens is 349 g/mol. The van der Waals surface area contributed by atoms with Crippen LogP contribution in [0.25, 0.3) is 0 Å². The molecule has 118 valence electrons. The van der Waals surface area contributed by atoms with E-state index in [0.717, 1.165) is 38.5 Å². The van der Waals surface area contributed by atoms with Crippen molar-refractivity contribution in [3.63, 3.8) is 0 Å². The van der Waals surface area contributed by atoms with E-state index in [9.17, 15) is 3.67 Å². The van der Waals surface area contributed by atoms with Crippen molar-refractivity contribution in [2.24, 2.45) is 0 Å². The summed E-state index contributed by atoms with van der Waals surface area (Å²) in [5.41, 5.74) is 0. The molecule has 0 unspecified atom stereocenters. The Balaban J connectivity index is 4.06. The summed E-state index contributed by atoms with van der Waals surface area (Å²) in [6.07, 6.45) is 7.70. The predicted octanol–water partition coefficient (Wildman–Crippen LogP) is 6.04. The zero-order valence-electron chi connectivity index (χ0n) is 11.9. The monoisotopic (exact) mass is 374 g/mol. The van der Waals surface area contributed by atoms with Crippen LogP contribution < -0.4 is 0 Å². The Morgan fingerprint density at radius 1 is 0.737 bits per heavy atom. The fourth-order valence-corrected chi connectivity index (χ4v) is 4.92. The van der Waals surface area contributed by atoms with Gasteiger partial charge in [0.2, 0.25) is 0 Å². The molecule has 0 bridgehead atoms. The van der Waals surface area contributed by atoms with Crippen LogP contribution in [0.2, 0.25) is 0 Å². The molecule has 0 radical (unpaired) electrons. The predicted molar refractivity (Wildman–Crippen MR) is 78.4 cm³/mol. The minimum atomic E-state index is -6.29. The fourth-order valence-electron chi connectivity index (χ4n) is 1.58. The van der Waals surface area contributed by atoms with Crippen molar-refractivity contribution < 1.29 is 20.5 Å². The topological polar surface area (TPSA) is 35.5 Å². The van der Waals surface area contributed by atoms with Gasteiger partial charge in [0.05, 0.1) is 0 Å². The van der Waals surface area contributed by atoms with E-state index >= 15 is 0 Å². The molecule has 0 saturated carbocycles. The number of hydrogen-bond acceptors (Lipinski definition) is 3.